The van der Waals surface area contributed by atoms with Crippen LogP contribution in [0.5, 0.6) is 0 Å². The lowest BCUT2D eigenvalue weighted by Crippen LogP contribution is -2.32. The highest BCUT2D eigenvalue weighted by molar-refractivity contribution is 6.04. The molecule has 5 heteroatoms. The molecule has 28 heavy (non-hydrogen) atoms. The van der Waals surface area contributed by atoms with Crippen molar-refractivity contribution in [3.63, 3.8) is 0 Å². The third-order valence-corrected chi connectivity index (χ3v) is 5.33. The van der Waals surface area contributed by atoms with Crippen LogP contribution in [0.3, 0.4) is 0 Å². The fourth-order valence-electron chi connectivity index (χ4n) is 3.70. The van der Waals surface area contributed by atoms with Crippen molar-refractivity contribution in [1.82, 2.24) is 9.88 Å². The van der Waals surface area contributed by atoms with Crippen LogP contribution in [0.25, 0.3) is 0 Å². The number of likely N-dealkylation sites (tertiary alicyclic amines) is 1. The zero-order valence-corrected chi connectivity index (χ0v) is 16.8. The summed E-state index contributed by atoms with van der Waals surface area (Å²) in [5.74, 6) is -0.360. The molecule has 0 saturated carbocycles. The van der Waals surface area contributed by atoms with Crippen LogP contribution >= 0.6 is 0 Å². The van der Waals surface area contributed by atoms with Gasteiger partial charge in [-0.3, -0.25) is 9.59 Å². The molecule has 1 aliphatic heterocycles. The van der Waals surface area contributed by atoms with E-state index in [-0.39, 0.29) is 17.5 Å². The second-order valence-electron chi connectivity index (χ2n) is 7.23. The minimum atomic E-state index is -0.277. The highest BCUT2D eigenvalue weighted by atomic mass is 16.2. The Hall–Kier alpha value is -2.69. The average molecular weight is 380 g/mol. The number of amides is 2. The van der Waals surface area contributed by atoms with E-state index < -0.39 is 0 Å². The van der Waals surface area contributed by atoms with Gasteiger partial charge in [-0.15, -0.1) is 0 Å². The summed E-state index contributed by atoms with van der Waals surface area (Å²) < 4.78 is 0. The van der Waals surface area contributed by atoms with Gasteiger partial charge in [-0.05, 0) is 48.9 Å². The third-order valence-electron chi connectivity index (χ3n) is 5.33. The summed E-state index contributed by atoms with van der Waals surface area (Å²) in [6.45, 7) is 5.67. The van der Waals surface area contributed by atoms with Gasteiger partial charge in [-0.1, -0.05) is 51.0 Å². The SMILES string of the molecule is CCc1cccc(CC)c1NC(=O)c1cccc(C(=O)N2CCCCCC2)n1. The summed E-state index contributed by atoms with van der Waals surface area (Å²) in [6, 6.07) is 11.2. The lowest BCUT2D eigenvalue weighted by molar-refractivity contribution is 0.0755. The van der Waals surface area contributed by atoms with E-state index in [1.807, 2.05) is 23.1 Å². The van der Waals surface area contributed by atoms with E-state index in [0.717, 1.165) is 68.4 Å². The van der Waals surface area contributed by atoms with Crippen LogP contribution in [0.4, 0.5) is 5.69 Å². The Morgan fingerprint density at radius 1 is 0.893 bits per heavy atom. The summed E-state index contributed by atoms with van der Waals surface area (Å²) >= 11 is 0. The van der Waals surface area contributed by atoms with Crippen molar-refractivity contribution in [2.75, 3.05) is 18.4 Å². The highest BCUT2D eigenvalue weighted by Crippen LogP contribution is 2.23. The van der Waals surface area contributed by atoms with Crippen LogP contribution in [0.15, 0.2) is 36.4 Å². The Morgan fingerprint density at radius 3 is 2.07 bits per heavy atom. The first-order valence-corrected chi connectivity index (χ1v) is 10.3. The molecular formula is C23H29N3O2. The smallest absolute Gasteiger partial charge is 0.274 e. The molecule has 1 aromatic carbocycles. The van der Waals surface area contributed by atoms with Crippen LogP contribution in [-0.2, 0) is 12.8 Å². The van der Waals surface area contributed by atoms with Gasteiger partial charge in [0, 0.05) is 18.8 Å². The maximum absolute atomic E-state index is 12.9. The molecule has 3 rings (SSSR count). The molecule has 148 valence electrons. The molecule has 1 aromatic heterocycles. The van der Waals surface area contributed by atoms with Gasteiger partial charge in [-0.2, -0.15) is 0 Å². The first kappa shape index (κ1) is 20.1. The number of nitrogens with one attached hydrogen (secondary N) is 1. The number of carbonyl (C=O) groups is 2. The monoisotopic (exact) mass is 379 g/mol. The molecule has 0 atom stereocenters. The van der Waals surface area contributed by atoms with E-state index in [9.17, 15) is 9.59 Å². The fraction of sp³-hybridized carbons (Fsp3) is 0.435. The molecule has 2 heterocycles. The number of anilines is 1. The Kier molecular flexibility index (Phi) is 6.80. The number of para-hydroxylation sites is 1. The number of hydrogen-bond donors (Lipinski definition) is 1. The number of hydrogen-bond acceptors (Lipinski definition) is 3. The van der Waals surface area contributed by atoms with Gasteiger partial charge in [0.15, 0.2) is 0 Å². The molecule has 2 aromatic rings. The minimum absolute atomic E-state index is 0.0836. The first-order valence-electron chi connectivity index (χ1n) is 10.3. The molecule has 5 nitrogen and oxygen atoms in total. The van der Waals surface area contributed by atoms with Gasteiger partial charge in [0.25, 0.3) is 11.8 Å². The highest BCUT2D eigenvalue weighted by Gasteiger charge is 2.20. The Morgan fingerprint density at radius 2 is 1.46 bits per heavy atom. The second kappa shape index (κ2) is 9.49. The van der Waals surface area contributed by atoms with Crippen molar-refractivity contribution in [2.45, 2.75) is 52.4 Å². The molecule has 2 amide bonds. The fourth-order valence-corrected chi connectivity index (χ4v) is 3.70. The summed E-state index contributed by atoms with van der Waals surface area (Å²) in [5.41, 5.74) is 3.68. The average Bonchev–Trinajstić information content (AvgIpc) is 3.03. The number of pyridine rings is 1. The summed E-state index contributed by atoms with van der Waals surface area (Å²) in [7, 11) is 0. The molecule has 0 aliphatic carbocycles. The maximum atomic E-state index is 12.9. The predicted molar refractivity (Wildman–Crippen MR) is 112 cm³/mol. The molecule has 1 aliphatic rings. The lowest BCUT2D eigenvalue weighted by atomic mass is 10.0. The number of rotatable bonds is 5. The van der Waals surface area contributed by atoms with E-state index in [1.165, 1.54) is 0 Å². The topological polar surface area (TPSA) is 62.3 Å². The zero-order valence-electron chi connectivity index (χ0n) is 16.8. The van der Waals surface area contributed by atoms with Crippen molar-refractivity contribution in [3.8, 4) is 0 Å². The molecule has 1 fully saturated rings. The van der Waals surface area contributed by atoms with Crippen LogP contribution < -0.4 is 5.32 Å². The van der Waals surface area contributed by atoms with Gasteiger partial charge in [0.2, 0.25) is 0 Å². The number of nitrogens with zero attached hydrogens (tertiary/aromatic N) is 2. The Balaban J connectivity index is 1.80. The van der Waals surface area contributed by atoms with Gasteiger partial charge >= 0.3 is 0 Å². The number of aromatic nitrogens is 1. The van der Waals surface area contributed by atoms with E-state index in [1.54, 1.807) is 18.2 Å². The van der Waals surface area contributed by atoms with E-state index in [0.29, 0.717) is 5.69 Å². The molecule has 0 unspecified atom stereocenters. The summed E-state index contributed by atoms with van der Waals surface area (Å²) in [5, 5.41) is 3.03. The quantitative estimate of drug-likeness (QED) is 0.833. The number of aryl methyl sites for hydroxylation is 2. The molecule has 0 spiro atoms. The first-order chi connectivity index (χ1) is 13.6. The molecule has 0 radical (unpaired) electrons. The maximum Gasteiger partial charge on any atom is 0.274 e. The van der Waals surface area contributed by atoms with Gasteiger partial charge in [0.05, 0.1) is 0 Å². The van der Waals surface area contributed by atoms with Crippen molar-refractivity contribution < 1.29 is 9.59 Å². The van der Waals surface area contributed by atoms with Crippen molar-refractivity contribution in [3.05, 3.63) is 58.9 Å². The summed E-state index contributed by atoms with van der Waals surface area (Å²) in [4.78, 5) is 31.9. The Bertz CT molecular complexity index is 817. The van der Waals surface area contributed by atoms with Crippen molar-refractivity contribution in [1.29, 1.82) is 0 Å². The molecule has 0 bridgehead atoms. The van der Waals surface area contributed by atoms with E-state index in [4.69, 9.17) is 0 Å². The second-order valence-corrected chi connectivity index (χ2v) is 7.23. The standard InChI is InChI=1S/C23H29N3O2/c1-3-17-11-9-12-18(4-2)21(17)25-22(27)19-13-10-14-20(24-19)23(28)26-15-7-5-6-8-16-26/h9-14H,3-8,15-16H2,1-2H3,(H,25,27). The van der Waals surface area contributed by atoms with E-state index >= 15 is 0 Å². The van der Waals surface area contributed by atoms with Crippen molar-refractivity contribution in [2.24, 2.45) is 0 Å². The van der Waals surface area contributed by atoms with Gasteiger partial charge in [0.1, 0.15) is 11.4 Å². The zero-order chi connectivity index (χ0) is 19.9. The van der Waals surface area contributed by atoms with Crippen molar-refractivity contribution >= 4 is 17.5 Å². The molecule has 1 saturated heterocycles. The van der Waals surface area contributed by atoms with Crippen LogP contribution in [0, 0.1) is 0 Å². The Labute approximate surface area is 167 Å². The van der Waals surface area contributed by atoms with Crippen LogP contribution in [0.1, 0.15) is 71.6 Å². The normalized spacial score (nSPS) is 14.4. The van der Waals surface area contributed by atoms with Gasteiger partial charge < -0.3 is 10.2 Å². The van der Waals surface area contributed by atoms with Gasteiger partial charge in [-0.25, -0.2) is 4.98 Å². The molecule has 1 N–H and O–H groups in total. The van der Waals surface area contributed by atoms with Crippen LogP contribution in [-0.4, -0.2) is 34.8 Å². The minimum Gasteiger partial charge on any atom is -0.337 e. The third kappa shape index (κ3) is 4.58. The molecular weight excluding hydrogens is 350 g/mol. The largest absolute Gasteiger partial charge is 0.337 e. The summed E-state index contributed by atoms with van der Waals surface area (Å²) in [6.07, 6.45) is 6.06. The number of carbonyl (C=O) groups excluding carboxylic acids is 2. The predicted octanol–water partition coefficient (Wildman–Crippen LogP) is 4.47. The van der Waals surface area contributed by atoms with E-state index in [2.05, 4.69) is 24.1 Å². The number of benzene rings is 1. The van der Waals surface area contributed by atoms with Crippen LogP contribution in [0.2, 0.25) is 0 Å². The lowest BCUT2D eigenvalue weighted by Gasteiger charge is -2.20.